The molecule has 0 aliphatic carbocycles. The van der Waals surface area contributed by atoms with Gasteiger partial charge in [-0.2, -0.15) is 25.8 Å². The molecule has 1 heterocycles. The van der Waals surface area contributed by atoms with E-state index in [0.29, 0.717) is 5.75 Å². The molecule has 1 aromatic rings. The zero-order chi connectivity index (χ0) is 10.6. The Balaban J connectivity index is 2.52. The number of halogens is 3. The summed E-state index contributed by atoms with van der Waals surface area (Å²) in [5.41, 5.74) is 0.827. The summed E-state index contributed by atoms with van der Waals surface area (Å²) in [7, 11) is 0. The molecule has 0 atom stereocenters. The van der Waals surface area contributed by atoms with Gasteiger partial charge >= 0.3 is 6.18 Å². The quantitative estimate of drug-likeness (QED) is 0.795. The van der Waals surface area contributed by atoms with Crippen molar-refractivity contribution in [2.24, 2.45) is 0 Å². The summed E-state index contributed by atoms with van der Waals surface area (Å²) < 4.78 is 39.6. The summed E-state index contributed by atoms with van der Waals surface area (Å²) >= 11 is 3.98. The highest BCUT2D eigenvalue weighted by Gasteiger charge is 2.28. The number of rotatable bonds is 3. The van der Waals surface area contributed by atoms with Crippen LogP contribution in [0.25, 0.3) is 0 Å². The predicted octanol–water partition coefficient (Wildman–Crippen LogP) is 2.45. The van der Waals surface area contributed by atoms with Crippen LogP contribution < -0.4 is 4.74 Å². The second-order valence-corrected chi connectivity index (χ2v) is 2.88. The number of aromatic nitrogens is 1. The van der Waals surface area contributed by atoms with Gasteiger partial charge in [-0.25, -0.2) is 4.98 Å². The van der Waals surface area contributed by atoms with Gasteiger partial charge < -0.3 is 4.74 Å². The highest BCUT2D eigenvalue weighted by Crippen LogP contribution is 2.17. The van der Waals surface area contributed by atoms with Crippen LogP contribution in [0.1, 0.15) is 5.56 Å². The van der Waals surface area contributed by atoms with Crippen LogP contribution in [-0.2, 0) is 5.75 Å². The Hall–Kier alpha value is -0.910. The van der Waals surface area contributed by atoms with Crippen molar-refractivity contribution >= 4 is 12.6 Å². The second-order valence-electron chi connectivity index (χ2n) is 2.57. The highest BCUT2D eigenvalue weighted by molar-refractivity contribution is 7.79. The van der Waals surface area contributed by atoms with E-state index in [0.717, 1.165) is 5.56 Å². The monoisotopic (exact) mass is 223 g/mol. The molecule has 1 aromatic heterocycles. The summed E-state index contributed by atoms with van der Waals surface area (Å²) in [5.74, 6) is 0.458. The molecule has 0 aliphatic rings. The Kier molecular flexibility index (Phi) is 3.62. The van der Waals surface area contributed by atoms with Crippen LogP contribution in [0.2, 0.25) is 0 Å². The third-order valence-electron chi connectivity index (χ3n) is 1.36. The first-order chi connectivity index (χ1) is 6.51. The number of alkyl halides is 3. The van der Waals surface area contributed by atoms with Gasteiger partial charge in [0.1, 0.15) is 0 Å². The largest absolute Gasteiger partial charge is 0.468 e. The molecular formula is C8H8F3NOS. The molecule has 0 fully saturated rings. The zero-order valence-electron chi connectivity index (χ0n) is 7.08. The van der Waals surface area contributed by atoms with Crippen molar-refractivity contribution in [3.05, 3.63) is 23.9 Å². The summed E-state index contributed by atoms with van der Waals surface area (Å²) in [4.78, 5) is 3.68. The fraction of sp³-hybridized carbons (Fsp3) is 0.375. The lowest BCUT2D eigenvalue weighted by Gasteiger charge is -2.07. The van der Waals surface area contributed by atoms with Gasteiger partial charge in [0.05, 0.1) is 0 Å². The molecule has 0 radical (unpaired) electrons. The van der Waals surface area contributed by atoms with E-state index in [1.54, 1.807) is 6.07 Å². The van der Waals surface area contributed by atoms with E-state index in [1.807, 2.05) is 0 Å². The predicted molar refractivity (Wildman–Crippen MR) is 48.5 cm³/mol. The van der Waals surface area contributed by atoms with Gasteiger partial charge in [0, 0.05) is 18.0 Å². The van der Waals surface area contributed by atoms with Crippen LogP contribution in [0.5, 0.6) is 5.88 Å². The number of thiol groups is 1. The first kappa shape index (κ1) is 11.2. The second kappa shape index (κ2) is 4.54. The van der Waals surface area contributed by atoms with Crippen molar-refractivity contribution in [2.45, 2.75) is 11.9 Å². The molecule has 0 N–H and O–H groups in total. The van der Waals surface area contributed by atoms with Gasteiger partial charge in [-0.1, -0.05) is 6.07 Å². The van der Waals surface area contributed by atoms with E-state index in [9.17, 15) is 13.2 Å². The molecule has 0 saturated heterocycles. The molecule has 2 nitrogen and oxygen atoms in total. The summed E-state index contributed by atoms with van der Waals surface area (Å²) in [6.07, 6.45) is -2.90. The van der Waals surface area contributed by atoms with Crippen LogP contribution in [-0.4, -0.2) is 17.8 Å². The van der Waals surface area contributed by atoms with Crippen LogP contribution in [0.3, 0.4) is 0 Å². The highest BCUT2D eigenvalue weighted by atomic mass is 32.1. The van der Waals surface area contributed by atoms with Gasteiger partial charge in [0.15, 0.2) is 6.61 Å². The van der Waals surface area contributed by atoms with Crippen LogP contribution in [0, 0.1) is 0 Å². The van der Waals surface area contributed by atoms with Crippen molar-refractivity contribution in [1.29, 1.82) is 0 Å². The molecule has 0 spiro atoms. The van der Waals surface area contributed by atoms with Gasteiger partial charge in [0.25, 0.3) is 0 Å². The standard InChI is InChI=1S/C8H8F3NOS/c9-8(10,11)5-13-7-2-1-6(4-14)3-12-7/h1-3,14H,4-5H2. The van der Waals surface area contributed by atoms with Crippen molar-refractivity contribution in [2.75, 3.05) is 6.61 Å². The molecule has 0 amide bonds. The molecule has 1 rings (SSSR count). The van der Waals surface area contributed by atoms with E-state index in [-0.39, 0.29) is 5.88 Å². The molecule has 0 aliphatic heterocycles. The van der Waals surface area contributed by atoms with Crippen molar-refractivity contribution in [3.63, 3.8) is 0 Å². The minimum absolute atomic E-state index is 0.0344. The summed E-state index contributed by atoms with van der Waals surface area (Å²) in [6.45, 7) is -1.32. The van der Waals surface area contributed by atoms with Gasteiger partial charge in [-0.3, -0.25) is 0 Å². The average molecular weight is 223 g/mol. The first-order valence-corrected chi connectivity index (χ1v) is 4.40. The van der Waals surface area contributed by atoms with E-state index < -0.39 is 12.8 Å². The molecule has 0 bridgehead atoms. The van der Waals surface area contributed by atoms with Crippen LogP contribution >= 0.6 is 12.6 Å². The molecule has 0 aromatic carbocycles. The van der Waals surface area contributed by atoms with E-state index in [4.69, 9.17) is 0 Å². The normalized spacial score (nSPS) is 11.4. The summed E-state index contributed by atoms with van der Waals surface area (Å²) in [5, 5.41) is 0. The SMILES string of the molecule is FC(F)(F)COc1ccc(CS)cn1. The molecular weight excluding hydrogens is 215 g/mol. The molecule has 14 heavy (non-hydrogen) atoms. The Bertz CT molecular complexity index is 286. The third kappa shape index (κ3) is 3.87. The number of pyridine rings is 1. The lowest BCUT2D eigenvalue weighted by Crippen LogP contribution is -2.19. The Morgan fingerprint density at radius 3 is 2.50 bits per heavy atom. The lowest BCUT2D eigenvalue weighted by atomic mass is 10.3. The average Bonchev–Trinajstić information content (AvgIpc) is 2.14. The fourth-order valence-corrected chi connectivity index (χ4v) is 0.933. The number of ether oxygens (including phenoxy) is 1. The Morgan fingerprint density at radius 2 is 2.07 bits per heavy atom. The van der Waals surface area contributed by atoms with Gasteiger partial charge in [-0.05, 0) is 5.56 Å². The number of hydrogen-bond donors (Lipinski definition) is 1. The maximum atomic E-state index is 11.7. The Labute approximate surface area is 84.5 Å². The van der Waals surface area contributed by atoms with Gasteiger partial charge in [0.2, 0.25) is 5.88 Å². The van der Waals surface area contributed by atoms with Crippen LogP contribution in [0.15, 0.2) is 18.3 Å². The van der Waals surface area contributed by atoms with E-state index >= 15 is 0 Å². The topological polar surface area (TPSA) is 22.1 Å². The maximum absolute atomic E-state index is 11.7. The number of hydrogen-bond acceptors (Lipinski definition) is 3. The minimum atomic E-state index is -4.33. The fourth-order valence-electron chi connectivity index (χ4n) is 0.746. The zero-order valence-corrected chi connectivity index (χ0v) is 7.98. The van der Waals surface area contributed by atoms with E-state index in [1.165, 1.54) is 12.3 Å². The minimum Gasteiger partial charge on any atom is -0.468 e. The van der Waals surface area contributed by atoms with E-state index in [2.05, 4.69) is 22.3 Å². The Morgan fingerprint density at radius 1 is 1.36 bits per heavy atom. The third-order valence-corrected chi connectivity index (χ3v) is 1.73. The lowest BCUT2D eigenvalue weighted by molar-refractivity contribution is -0.154. The van der Waals surface area contributed by atoms with Crippen molar-refractivity contribution in [3.8, 4) is 5.88 Å². The smallest absolute Gasteiger partial charge is 0.422 e. The first-order valence-electron chi connectivity index (χ1n) is 3.76. The van der Waals surface area contributed by atoms with Crippen molar-refractivity contribution < 1.29 is 17.9 Å². The molecule has 0 unspecified atom stereocenters. The number of nitrogens with zero attached hydrogens (tertiary/aromatic N) is 1. The summed E-state index contributed by atoms with van der Waals surface area (Å²) in [6, 6.07) is 3.00. The van der Waals surface area contributed by atoms with Crippen molar-refractivity contribution in [1.82, 2.24) is 4.98 Å². The maximum Gasteiger partial charge on any atom is 0.422 e. The van der Waals surface area contributed by atoms with Crippen LogP contribution in [0.4, 0.5) is 13.2 Å². The molecule has 78 valence electrons. The van der Waals surface area contributed by atoms with Gasteiger partial charge in [-0.15, -0.1) is 0 Å². The molecule has 0 saturated carbocycles. The molecule has 6 heteroatoms.